The summed E-state index contributed by atoms with van der Waals surface area (Å²) >= 11 is 0. The van der Waals surface area contributed by atoms with Gasteiger partial charge < -0.3 is 4.74 Å². The zero-order valence-electron chi connectivity index (χ0n) is 11.6. The normalized spacial score (nSPS) is 9.74. The van der Waals surface area contributed by atoms with E-state index >= 15 is 0 Å². The number of unbranched alkanes of at least 4 members (excludes halogenated alkanes) is 2. The minimum absolute atomic E-state index is 0.127. The molecule has 0 spiro atoms. The topological polar surface area (TPSA) is 26.3 Å². The highest BCUT2D eigenvalue weighted by Gasteiger charge is 1.91. The zero-order valence-corrected chi connectivity index (χ0v) is 11.6. The predicted molar refractivity (Wildman–Crippen MR) is 77.9 cm³/mol. The van der Waals surface area contributed by atoms with E-state index < -0.39 is 0 Å². The second kappa shape index (κ2) is 10.3. The zero-order chi connectivity index (χ0) is 13.8. The van der Waals surface area contributed by atoms with Crippen LogP contribution in [0.3, 0.4) is 0 Å². The van der Waals surface area contributed by atoms with Gasteiger partial charge in [-0.25, -0.2) is 0 Å². The van der Waals surface area contributed by atoms with Crippen LogP contribution in [0.2, 0.25) is 0 Å². The Hall–Kier alpha value is -1.63. The standard InChI is InChI=1S/C17H22O2/c1-2-17(18)13-9-4-3-5-10-14-19-15-16-11-7-6-8-12-16/h4,6-8,11-13H,2-3,5,10,14-15H2,1H3. The van der Waals surface area contributed by atoms with Crippen molar-refractivity contribution >= 4 is 5.78 Å². The molecule has 0 aliphatic heterocycles. The van der Waals surface area contributed by atoms with Crippen molar-refractivity contribution in [2.45, 2.75) is 39.2 Å². The van der Waals surface area contributed by atoms with E-state index in [9.17, 15) is 4.79 Å². The Kier molecular flexibility index (Phi) is 8.37. The lowest BCUT2D eigenvalue weighted by Gasteiger charge is -2.03. The monoisotopic (exact) mass is 258 g/mol. The van der Waals surface area contributed by atoms with Gasteiger partial charge in [-0.15, -0.1) is 5.73 Å². The van der Waals surface area contributed by atoms with Gasteiger partial charge in [-0.2, -0.15) is 0 Å². The molecule has 0 saturated heterocycles. The highest BCUT2D eigenvalue weighted by molar-refractivity contribution is 5.89. The van der Waals surface area contributed by atoms with Gasteiger partial charge in [0.15, 0.2) is 5.78 Å². The van der Waals surface area contributed by atoms with Gasteiger partial charge in [0.25, 0.3) is 0 Å². The molecule has 0 atom stereocenters. The predicted octanol–water partition coefficient (Wildman–Crippen LogP) is 4.06. The fourth-order valence-corrected chi connectivity index (χ4v) is 1.55. The van der Waals surface area contributed by atoms with Crippen LogP contribution in [0.4, 0.5) is 0 Å². The van der Waals surface area contributed by atoms with Gasteiger partial charge in [0.05, 0.1) is 6.61 Å². The van der Waals surface area contributed by atoms with Crippen molar-refractivity contribution < 1.29 is 9.53 Å². The highest BCUT2D eigenvalue weighted by Crippen LogP contribution is 2.02. The average Bonchev–Trinajstić information content (AvgIpc) is 2.46. The highest BCUT2D eigenvalue weighted by atomic mass is 16.5. The van der Waals surface area contributed by atoms with Crippen LogP contribution in [0.15, 0.2) is 48.2 Å². The molecule has 1 aromatic carbocycles. The second-order valence-corrected chi connectivity index (χ2v) is 4.37. The summed E-state index contributed by atoms with van der Waals surface area (Å²) in [4.78, 5) is 11.0. The van der Waals surface area contributed by atoms with E-state index in [0.29, 0.717) is 13.0 Å². The lowest BCUT2D eigenvalue weighted by Crippen LogP contribution is -1.94. The quantitative estimate of drug-likeness (QED) is 0.379. The smallest absolute Gasteiger partial charge is 0.163 e. The number of ether oxygens (including phenoxy) is 1. The molecule has 0 aliphatic carbocycles. The largest absolute Gasteiger partial charge is 0.377 e. The van der Waals surface area contributed by atoms with Gasteiger partial charge in [-0.1, -0.05) is 37.3 Å². The molecule has 0 bridgehead atoms. The van der Waals surface area contributed by atoms with Gasteiger partial charge in [-0.3, -0.25) is 4.79 Å². The molecule has 2 nitrogen and oxygen atoms in total. The molecule has 1 rings (SSSR count). The maximum atomic E-state index is 11.0. The molecular formula is C17H22O2. The molecular weight excluding hydrogens is 236 g/mol. The summed E-state index contributed by atoms with van der Waals surface area (Å²) in [6.45, 7) is 3.31. The molecule has 19 heavy (non-hydrogen) atoms. The number of ketones is 1. The number of carbonyl (C=O) groups is 1. The summed E-state index contributed by atoms with van der Waals surface area (Å²) < 4.78 is 5.59. The van der Waals surface area contributed by atoms with Crippen molar-refractivity contribution in [2.24, 2.45) is 0 Å². The number of rotatable bonds is 9. The Morgan fingerprint density at radius 1 is 1.26 bits per heavy atom. The van der Waals surface area contributed by atoms with E-state index in [4.69, 9.17) is 4.74 Å². The van der Waals surface area contributed by atoms with Gasteiger partial charge in [-0.05, 0) is 30.9 Å². The van der Waals surface area contributed by atoms with Crippen LogP contribution in [-0.4, -0.2) is 12.4 Å². The Morgan fingerprint density at radius 3 is 2.79 bits per heavy atom. The molecule has 0 amide bonds. The van der Waals surface area contributed by atoms with E-state index in [0.717, 1.165) is 25.9 Å². The molecule has 0 radical (unpaired) electrons. The molecule has 0 aliphatic rings. The van der Waals surface area contributed by atoms with Crippen LogP contribution in [0.25, 0.3) is 0 Å². The maximum absolute atomic E-state index is 11.0. The van der Waals surface area contributed by atoms with Crippen molar-refractivity contribution in [1.29, 1.82) is 0 Å². The number of carbonyl (C=O) groups excluding carboxylic acids is 1. The summed E-state index contributed by atoms with van der Waals surface area (Å²) in [6, 6.07) is 10.2. The lowest BCUT2D eigenvalue weighted by atomic mass is 10.2. The number of benzene rings is 1. The van der Waals surface area contributed by atoms with Gasteiger partial charge >= 0.3 is 0 Å². The van der Waals surface area contributed by atoms with Crippen molar-refractivity contribution in [2.75, 3.05) is 6.61 Å². The third-order valence-corrected chi connectivity index (χ3v) is 2.71. The molecule has 0 saturated carbocycles. The minimum atomic E-state index is 0.127. The Labute approximate surface area is 115 Å². The van der Waals surface area contributed by atoms with Crippen LogP contribution in [0.1, 0.15) is 38.2 Å². The summed E-state index contributed by atoms with van der Waals surface area (Å²) in [6.07, 6.45) is 7.04. The molecule has 0 heterocycles. The van der Waals surface area contributed by atoms with Crippen LogP contribution >= 0.6 is 0 Å². The van der Waals surface area contributed by atoms with E-state index in [-0.39, 0.29) is 5.78 Å². The van der Waals surface area contributed by atoms with Crippen LogP contribution < -0.4 is 0 Å². The summed E-state index contributed by atoms with van der Waals surface area (Å²) in [5.74, 6) is 0.127. The lowest BCUT2D eigenvalue weighted by molar-refractivity contribution is -0.114. The summed E-state index contributed by atoms with van der Waals surface area (Å²) in [7, 11) is 0. The molecule has 0 aromatic heterocycles. The van der Waals surface area contributed by atoms with Crippen LogP contribution in [0.5, 0.6) is 0 Å². The molecule has 0 fully saturated rings. The van der Waals surface area contributed by atoms with E-state index in [1.54, 1.807) is 0 Å². The second-order valence-electron chi connectivity index (χ2n) is 4.37. The molecule has 1 aromatic rings. The van der Waals surface area contributed by atoms with Crippen molar-refractivity contribution in [3.8, 4) is 0 Å². The third kappa shape index (κ3) is 8.15. The Bertz CT molecular complexity index is 414. The van der Waals surface area contributed by atoms with Crippen molar-refractivity contribution in [3.05, 3.63) is 53.8 Å². The fraction of sp³-hybridized carbons (Fsp3) is 0.412. The van der Waals surface area contributed by atoms with Gasteiger partial charge in [0, 0.05) is 19.1 Å². The molecule has 0 N–H and O–H groups in total. The van der Waals surface area contributed by atoms with Gasteiger partial charge in [0.1, 0.15) is 0 Å². The minimum Gasteiger partial charge on any atom is -0.377 e. The number of hydrogen-bond acceptors (Lipinski definition) is 2. The number of allylic oxidation sites excluding steroid dienone is 1. The average molecular weight is 258 g/mol. The molecule has 102 valence electrons. The Morgan fingerprint density at radius 2 is 2.05 bits per heavy atom. The first-order valence-electron chi connectivity index (χ1n) is 6.88. The van der Waals surface area contributed by atoms with Gasteiger partial charge in [0.2, 0.25) is 0 Å². The first-order valence-corrected chi connectivity index (χ1v) is 6.88. The van der Waals surface area contributed by atoms with E-state index in [1.165, 1.54) is 11.6 Å². The van der Waals surface area contributed by atoms with E-state index in [1.807, 2.05) is 31.2 Å². The van der Waals surface area contributed by atoms with Crippen molar-refractivity contribution in [1.82, 2.24) is 0 Å². The molecule has 2 heteroatoms. The van der Waals surface area contributed by atoms with Crippen LogP contribution in [-0.2, 0) is 16.1 Å². The summed E-state index contributed by atoms with van der Waals surface area (Å²) in [5, 5.41) is 0. The summed E-state index contributed by atoms with van der Waals surface area (Å²) in [5.41, 5.74) is 4.12. The number of hydrogen-bond donors (Lipinski definition) is 0. The molecule has 0 unspecified atom stereocenters. The van der Waals surface area contributed by atoms with Crippen LogP contribution in [0, 0.1) is 0 Å². The third-order valence-electron chi connectivity index (χ3n) is 2.71. The first kappa shape index (κ1) is 15.4. The van der Waals surface area contributed by atoms with E-state index in [2.05, 4.69) is 17.9 Å². The first-order chi connectivity index (χ1) is 9.33. The fourth-order valence-electron chi connectivity index (χ4n) is 1.55. The van der Waals surface area contributed by atoms with Crippen molar-refractivity contribution in [3.63, 3.8) is 0 Å². The maximum Gasteiger partial charge on any atom is 0.163 e. The SMILES string of the molecule is CCC(=O)C=C=CCCCCOCc1ccccc1. The Balaban J connectivity index is 2.00.